The van der Waals surface area contributed by atoms with Gasteiger partial charge >= 0.3 is 11.9 Å². The number of aliphatic hydroxyl groups is 3. The van der Waals surface area contributed by atoms with Crippen LogP contribution in [0.4, 0.5) is 0 Å². The summed E-state index contributed by atoms with van der Waals surface area (Å²) in [5.41, 5.74) is -5.04. The number of hydrogen-bond donors (Lipinski definition) is 3. The van der Waals surface area contributed by atoms with E-state index in [0.717, 1.165) is 0 Å². The highest BCUT2D eigenvalue weighted by Gasteiger charge is 2.83. The number of ether oxygens (including phenoxy) is 3. The first-order chi connectivity index (χ1) is 12.9. The molecule has 3 N–H and O–H groups in total. The van der Waals surface area contributed by atoms with Gasteiger partial charge in [0, 0.05) is 12.3 Å². The predicted molar refractivity (Wildman–Crippen MR) is 94.8 cm³/mol. The molecule has 0 aromatic heterocycles. The maximum atomic E-state index is 12.5. The topological polar surface area (TPSA) is 126 Å². The quantitative estimate of drug-likeness (QED) is 0.453. The maximum absolute atomic E-state index is 12.5. The average Bonchev–Trinajstić information content (AvgIpc) is 3.33. The van der Waals surface area contributed by atoms with E-state index in [-0.39, 0.29) is 12.3 Å². The van der Waals surface area contributed by atoms with Crippen LogP contribution in [0, 0.1) is 23.7 Å². The zero-order chi connectivity index (χ0) is 20.8. The van der Waals surface area contributed by atoms with Gasteiger partial charge in [0.15, 0.2) is 0 Å². The van der Waals surface area contributed by atoms with Crippen molar-refractivity contribution in [2.24, 2.45) is 23.7 Å². The first-order valence-electron chi connectivity index (χ1n) is 10.1. The van der Waals surface area contributed by atoms with Crippen LogP contribution in [0.15, 0.2) is 0 Å². The predicted octanol–water partition coefficient (Wildman–Crippen LogP) is 0.156. The SMILES string of the molecule is CCC(C)C(=O)OC1CC(C)(O)C2(O)C3OC3C(C)(O)C2C2OC(=O)C(C)C12. The van der Waals surface area contributed by atoms with Gasteiger partial charge in [-0.2, -0.15) is 0 Å². The summed E-state index contributed by atoms with van der Waals surface area (Å²) in [6.45, 7) is 8.33. The minimum Gasteiger partial charge on any atom is -0.462 e. The van der Waals surface area contributed by atoms with E-state index in [9.17, 15) is 24.9 Å². The molecule has 2 aliphatic carbocycles. The molecular weight excluding hydrogens is 368 g/mol. The Bertz CT molecular complexity index is 702. The summed E-state index contributed by atoms with van der Waals surface area (Å²) in [6, 6.07) is 0. The molecule has 158 valence electrons. The molecule has 28 heavy (non-hydrogen) atoms. The smallest absolute Gasteiger partial charge is 0.309 e. The number of carbonyl (C=O) groups is 2. The Hall–Kier alpha value is -1.22. The second kappa shape index (κ2) is 5.90. The summed E-state index contributed by atoms with van der Waals surface area (Å²) < 4.78 is 16.9. The van der Waals surface area contributed by atoms with Crippen molar-refractivity contribution < 1.29 is 39.1 Å². The molecule has 0 bridgehead atoms. The van der Waals surface area contributed by atoms with Crippen LogP contribution in [-0.4, -0.2) is 68.5 Å². The Balaban J connectivity index is 1.78. The summed E-state index contributed by atoms with van der Waals surface area (Å²) in [4.78, 5) is 24.9. The Labute approximate surface area is 164 Å². The maximum Gasteiger partial charge on any atom is 0.309 e. The molecule has 2 heterocycles. The third kappa shape index (κ3) is 2.38. The van der Waals surface area contributed by atoms with Gasteiger partial charge in [-0.3, -0.25) is 9.59 Å². The van der Waals surface area contributed by atoms with Gasteiger partial charge in [-0.1, -0.05) is 20.8 Å². The Morgan fingerprint density at radius 3 is 2.54 bits per heavy atom. The van der Waals surface area contributed by atoms with Crippen molar-refractivity contribution in [2.75, 3.05) is 0 Å². The molecule has 11 atom stereocenters. The summed E-state index contributed by atoms with van der Waals surface area (Å²) in [7, 11) is 0. The lowest BCUT2D eigenvalue weighted by molar-refractivity contribution is -0.231. The third-order valence-electron chi connectivity index (χ3n) is 7.69. The molecule has 4 aliphatic rings. The lowest BCUT2D eigenvalue weighted by Gasteiger charge is -2.46. The van der Waals surface area contributed by atoms with E-state index in [2.05, 4.69) is 0 Å². The molecule has 2 aliphatic heterocycles. The van der Waals surface area contributed by atoms with Crippen LogP contribution in [0.1, 0.15) is 47.5 Å². The van der Waals surface area contributed by atoms with Crippen molar-refractivity contribution in [3.05, 3.63) is 0 Å². The summed E-state index contributed by atoms with van der Waals surface area (Å²) >= 11 is 0. The molecule has 8 nitrogen and oxygen atoms in total. The van der Waals surface area contributed by atoms with Crippen LogP contribution in [0.25, 0.3) is 0 Å². The van der Waals surface area contributed by atoms with Crippen LogP contribution in [-0.2, 0) is 23.8 Å². The van der Waals surface area contributed by atoms with Gasteiger partial charge in [0.25, 0.3) is 0 Å². The van der Waals surface area contributed by atoms with E-state index in [1.165, 1.54) is 13.8 Å². The van der Waals surface area contributed by atoms with E-state index in [1.54, 1.807) is 13.8 Å². The zero-order valence-electron chi connectivity index (χ0n) is 16.9. The number of esters is 2. The van der Waals surface area contributed by atoms with Crippen LogP contribution in [0.5, 0.6) is 0 Å². The van der Waals surface area contributed by atoms with Gasteiger partial charge in [0.05, 0.1) is 23.4 Å². The number of carbonyl (C=O) groups excluding carboxylic acids is 2. The van der Waals surface area contributed by atoms with Crippen molar-refractivity contribution >= 4 is 11.9 Å². The second-order valence-corrected chi connectivity index (χ2v) is 9.54. The number of rotatable bonds is 3. The molecule has 2 saturated heterocycles. The van der Waals surface area contributed by atoms with E-state index in [4.69, 9.17) is 14.2 Å². The van der Waals surface area contributed by atoms with Gasteiger partial charge in [-0.05, 0) is 20.3 Å². The van der Waals surface area contributed by atoms with Gasteiger partial charge in [0.2, 0.25) is 0 Å². The van der Waals surface area contributed by atoms with Crippen LogP contribution < -0.4 is 0 Å². The van der Waals surface area contributed by atoms with Gasteiger partial charge in [-0.15, -0.1) is 0 Å². The van der Waals surface area contributed by atoms with Gasteiger partial charge in [-0.25, -0.2) is 0 Å². The molecule has 0 aromatic rings. The van der Waals surface area contributed by atoms with Gasteiger partial charge in [0.1, 0.15) is 35.6 Å². The molecule has 0 spiro atoms. The monoisotopic (exact) mass is 398 g/mol. The van der Waals surface area contributed by atoms with E-state index >= 15 is 0 Å². The molecule has 4 rings (SSSR count). The summed E-state index contributed by atoms with van der Waals surface area (Å²) in [5, 5.41) is 34.1. The first kappa shape index (κ1) is 20.1. The Kier molecular flexibility index (Phi) is 4.23. The lowest BCUT2D eigenvalue weighted by Crippen LogP contribution is -2.64. The summed E-state index contributed by atoms with van der Waals surface area (Å²) in [6.07, 6.45) is -2.59. The molecule has 0 radical (unpaired) electrons. The molecule has 2 saturated carbocycles. The highest BCUT2D eigenvalue weighted by Crippen LogP contribution is 2.64. The molecule has 11 unspecified atom stereocenters. The fraction of sp³-hybridized carbons (Fsp3) is 0.900. The molecule has 0 amide bonds. The Morgan fingerprint density at radius 1 is 1.29 bits per heavy atom. The van der Waals surface area contributed by atoms with Crippen molar-refractivity contribution in [3.63, 3.8) is 0 Å². The second-order valence-electron chi connectivity index (χ2n) is 9.54. The third-order valence-corrected chi connectivity index (χ3v) is 7.69. The fourth-order valence-electron chi connectivity index (χ4n) is 5.74. The minimum absolute atomic E-state index is 0.0764. The van der Waals surface area contributed by atoms with Crippen LogP contribution in [0.3, 0.4) is 0 Å². The van der Waals surface area contributed by atoms with Crippen molar-refractivity contribution in [2.45, 2.75) is 88.7 Å². The zero-order valence-corrected chi connectivity index (χ0v) is 16.9. The highest BCUT2D eigenvalue weighted by atomic mass is 16.6. The number of fused-ring (bicyclic) bond motifs is 5. The normalized spacial score (nSPS) is 55.4. The molecular formula is C20H30O8. The summed E-state index contributed by atoms with van der Waals surface area (Å²) in [5.74, 6) is -3.32. The number of hydrogen-bond acceptors (Lipinski definition) is 8. The highest BCUT2D eigenvalue weighted by molar-refractivity contribution is 5.76. The van der Waals surface area contributed by atoms with Crippen molar-refractivity contribution in [3.8, 4) is 0 Å². The van der Waals surface area contributed by atoms with Crippen molar-refractivity contribution in [1.82, 2.24) is 0 Å². The lowest BCUT2D eigenvalue weighted by atomic mass is 9.70. The largest absolute Gasteiger partial charge is 0.462 e. The molecule has 4 fully saturated rings. The number of epoxide rings is 1. The average molecular weight is 398 g/mol. The van der Waals surface area contributed by atoms with Crippen LogP contribution in [0.2, 0.25) is 0 Å². The molecule has 0 aromatic carbocycles. The van der Waals surface area contributed by atoms with Gasteiger partial charge < -0.3 is 29.5 Å². The minimum atomic E-state index is -1.83. The Morgan fingerprint density at radius 2 is 1.93 bits per heavy atom. The molecule has 8 heteroatoms. The fourth-order valence-corrected chi connectivity index (χ4v) is 5.74. The van der Waals surface area contributed by atoms with Crippen molar-refractivity contribution in [1.29, 1.82) is 0 Å². The van der Waals surface area contributed by atoms with Crippen LogP contribution >= 0.6 is 0 Å². The van der Waals surface area contributed by atoms with E-state index in [0.29, 0.717) is 6.42 Å². The first-order valence-corrected chi connectivity index (χ1v) is 10.1. The van der Waals surface area contributed by atoms with E-state index in [1.807, 2.05) is 6.92 Å². The van der Waals surface area contributed by atoms with E-state index < -0.39 is 70.9 Å². The standard InChI is InChI=1S/C20H30O8/c1-6-8(2)16(21)26-10-7-18(4,23)20(25)13(19(5,24)14-15(20)28-14)12-11(10)9(3)17(22)27-12/h8-15,23-25H,6-7H2,1-5H3.